The lowest BCUT2D eigenvalue weighted by atomic mass is 10.4. The second-order valence-electron chi connectivity index (χ2n) is 2.48. The number of aliphatic hydroxyl groups excluding tert-OH is 1. The van der Waals surface area contributed by atoms with Gasteiger partial charge in [0.2, 0.25) is 0 Å². The number of hydrogen-bond donors (Lipinski definition) is 1. The van der Waals surface area contributed by atoms with Gasteiger partial charge in [0.15, 0.2) is 0 Å². The molecule has 1 rings (SSSR count). The maximum absolute atomic E-state index is 9.00. The summed E-state index contributed by atoms with van der Waals surface area (Å²) in [5.74, 6) is 0.945. The van der Waals surface area contributed by atoms with Crippen LogP contribution in [0.4, 0.5) is 0 Å². The lowest BCUT2D eigenvalue weighted by Gasteiger charge is -2.05. The van der Waals surface area contributed by atoms with Gasteiger partial charge in [-0.1, -0.05) is 0 Å². The average Bonchev–Trinajstić information content (AvgIpc) is 2.15. The summed E-state index contributed by atoms with van der Waals surface area (Å²) in [6, 6.07) is 0. The van der Waals surface area contributed by atoms with Gasteiger partial charge in [-0.25, -0.2) is 4.98 Å². The summed E-state index contributed by atoms with van der Waals surface area (Å²) >= 11 is 0. The zero-order chi connectivity index (χ0) is 7.56. The molecule has 0 aromatic carbocycles. The van der Waals surface area contributed by atoms with Gasteiger partial charge in [-0.05, 0) is 13.8 Å². The minimum absolute atomic E-state index is 0.298. The van der Waals surface area contributed by atoms with Crippen LogP contribution in [0, 0.1) is 6.92 Å². The summed E-state index contributed by atoms with van der Waals surface area (Å²) in [4.78, 5) is 4.02. The zero-order valence-electron chi connectivity index (χ0n) is 6.28. The molecule has 0 aliphatic heterocycles. The summed E-state index contributed by atoms with van der Waals surface area (Å²) in [6.07, 6.45) is 3.30. The number of aromatic nitrogens is 2. The molecule has 3 nitrogen and oxygen atoms in total. The number of hydrogen-bond acceptors (Lipinski definition) is 2. The third-order valence-electron chi connectivity index (χ3n) is 1.38. The third-order valence-corrected chi connectivity index (χ3v) is 1.38. The summed E-state index contributed by atoms with van der Waals surface area (Å²) in [5.41, 5.74) is 0. The van der Waals surface area contributed by atoms with E-state index in [1.807, 2.05) is 17.7 Å². The quantitative estimate of drug-likeness (QED) is 0.652. The first kappa shape index (κ1) is 7.28. The standard InChI is InChI=1S/C7H12N2O/c1-6(10)5-9-4-3-8-7(9)2/h3-4,6,10H,5H2,1-2H3/t6-/m0/s1. The molecule has 10 heavy (non-hydrogen) atoms. The van der Waals surface area contributed by atoms with Crippen LogP contribution in [0.25, 0.3) is 0 Å². The number of nitrogens with zero attached hydrogens (tertiary/aromatic N) is 2. The largest absolute Gasteiger partial charge is 0.392 e. The molecule has 3 heteroatoms. The molecular weight excluding hydrogens is 128 g/mol. The van der Waals surface area contributed by atoms with Crippen molar-refractivity contribution >= 4 is 0 Å². The molecule has 56 valence electrons. The number of aryl methyl sites for hydroxylation is 1. The van der Waals surface area contributed by atoms with E-state index in [1.165, 1.54) is 0 Å². The van der Waals surface area contributed by atoms with E-state index in [4.69, 9.17) is 5.11 Å². The van der Waals surface area contributed by atoms with Crippen molar-refractivity contribution in [2.24, 2.45) is 0 Å². The first-order valence-electron chi connectivity index (χ1n) is 3.36. The Bertz CT molecular complexity index is 205. The predicted molar refractivity (Wildman–Crippen MR) is 38.6 cm³/mol. The van der Waals surface area contributed by atoms with Gasteiger partial charge in [0.25, 0.3) is 0 Å². The summed E-state index contributed by atoms with van der Waals surface area (Å²) in [6.45, 7) is 4.31. The first-order chi connectivity index (χ1) is 4.70. The highest BCUT2D eigenvalue weighted by atomic mass is 16.3. The molecule has 1 heterocycles. The summed E-state index contributed by atoms with van der Waals surface area (Å²) in [7, 11) is 0. The van der Waals surface area contributed by atoms with Crippen LogP contribution in [0.5, 0.6) is 0 Å². The smallest absolute Gasteiger partial charge is 0.105 e. The van der Waals surface area contributed by atoms with Gasteiger partial charge >= 0.3 is 0 Å². The van der Waals surface area contributed by atoms with E-state index in [0.717, 1.165) is 5.82 Å². The maximum Gasteiger partial charge on any atom is 0.105 e. The third kappa shape index (κ3) is 1.57. The molecule has 0 saturated heterocycles. The van der Waals surface area contributed by atoms with Gasteiger partial charge in [0, 0.05) is 18.9 Å². The van der Waals surface area contributed by atoms with Crippen LogP contribution in [0.15, 0.2) is 12.4 Å². The van der Waals surface area contributed by atoms with Crippen LogP contribution in [-0.2, 0) is 6.54 Å². The summed E-state index contributed by atoms with van der Waals surface area (Å²) in [5, 5.41) is 9.00. The predicted octanol–water partition coefficient (Wildman–Crippen LogP) is 0.572. The van der Waals surface area contributed by atoms with E-state index in [0.29, 0.717) is 6.54 Å². The molecule has 0 saturated carbocycles. The normalized spacial score (nSPS) is 13.5. The lowest BCUT2D eigenvalue weighted by molar-refractivity contribution is 0.172. The molecule has 0 aliphatic rings. The molecule has 0 aliphatic carbocycles. The molecule has 1 aromatic heterocycles. The molecule has 0 radical (unpaired) electrons. The minimum Gasteiger partial charge on any atom is -0.392 e. The molecule has 1 atom stereocenters. The molecule has 0 spiro atoms. The fourth-order valence-corrected chi connectivity index (χ4v) is 0.881. The highest BCUT2D eigenvalue weighted by molar-refractivity contribution is 4.88. The van der Waals surface area contributed by atoms with E-state index in [-0.39, 0.29) is 6.10 Å². The van der Waals surface area contributed by atoms with Crippen LogP contribution < -0.4 is 0 Å². The summed E-state index contributed by atoms with van der Waals surface area (Å²) < 4.78 is 1.92. The SMILES string of the molecule is Cc1nccn1C[C@H](C)O. The van der Waals surface area contributed by atoms with E-state index in [1.54, 1.807) is 13.1 Å². The van der Waals surface area contributed by atoms with Gasteiger partial charge in [-0.2, -0.15) is 0 Å². The van der Waals surface area contributed by atoms with Crippen molar-refractivity contribution in [2.75, 3.05) is 0 Å². The minimum atomic E-state index is -0.298. The molecule has 0 unspecified atom stereocenters. The average molecular weight is 140 g/mol. The van der Waals surface area contributed by atoms with Crippen molar-refractivity contribution in [2.45, 2.75) is 26.5 Å². The van der Waals surface area contributed by atoms with Gasteiger partial charge in [0.05, 0.1) is 6.10 Å². The van der Waals surface area contributed by atoms with Crippen molar-refractivity contribution < 1.29 is 5.11 Å². The highest BCUT2D eigenvalue weighted by Crippen LogP contribution is 1.96. The van der Waals surface area contributed by atoms with Crippen LogP contribution in [0.3, 0.4) is 0 Å². The Kier molecular flexibility index (Phi) is 2.06. The molecule has 0 amide bonds. The van der Waals surface area contributed by atoms with Gasteiger partial charge in [-0.15, -0.1) is 0 Å². The maximum atomic E-state index is 9.00. The Hall–Kier alpha value is -0.830. The van der Waals surface area contributed by atoms with Gasteiger partial charge in [-0.3, -0.25) is 0 Å². The monoisotopic (exact) mass is 140 g/mol. The van der Waals surface area contributed by atoms with Gasteiger partial charge < -0.3 is 9.67 Å². The van der Waals surface area contributed by atoms with Crippen molar-refractivity contribution in [3.8, 4) is 0 Å². The van der Waals surface area contributed by atoms with Gasteiger partial charge in [0.1, 0.15) is 5.82 Å². The van der Waals surface area contributed by atoms with E-state index in [2.05, 4.69) is 4.98 Å². The van der Waals surface area contributed by atoms with Crippen molar-refractivity contribution in [1.82, 2.24) is 9.55 Å². The highest BCUT2D eigenvalue weighted by Gasteiger charge is 1.99. The fourth-order valence-electron chi connectivity index (χ4n) is 0.881. The lowest BCUT2D eigenvalue weighted by Crippen LogP contribution is -2.11. The molecular formula is C7H12N2O. The number of aliphatic hydroxyl groups is 1. The zero-order valence-corrected chi connectivity index (χ0v) is 6.28. The van der Waals surface area contributed by atoms with E-state index in [9.17, 15) is 0 Å². The van der Waals surface area contributed by atoms with Crippen LogP contribution in [-0.4, -0.2) is 20.8 Å². The number of rotatable bonds is 2. The van der Waals surface area contributed by atoms with Crippen LogP contribution in [0.2, 0.25) is 0 Å². The van der Waals surface area contributed by atoms with E-state index < -0.39 is 0 Å². The van der Waals surface area contributed by atoms with Crippen molar-refractivity contribution in [3.63, 3.8) is 0 Å². The Morgan fingerprint density at radius 1 is 1.80 bits per heavy atom. The topological polar surface area (TPSA) is 38.0 Å². The van der Waals surface area contributed by atoms with Crippen molar-refractivity contribution in [1.29, 1.82) is 0 Å². The molecule has 1 N–H and O–H groups in total. The Balaban J connectivity index is 2.65. The molecule has 0 fully saturated rings. The molecule has 0 bridgehead atoms. The first-order valence-corrected chi connectivity index (χ1v) is 3.36. The number of imidazole rings is 1. The Morgan fingerprint density at radius 3 is 2.90 bits per heavy atom. The fraction of sp³-hybridized carbons (Fsp3) is 0.571. The van der Waals surface area contributed by atoms with Crippen LogP contribution >= 0.6 is 0 Å². The Morgan fingerprint density at radius 2 is 2.50 bits per heavy atom. The Labute approximate surface area is 60.3 Å². The second-order valence-corrected chi connectivity index (χ2v) is 2.48. The molecule has 1 aromatic rings. The van der Waals surface area contributed by atoms with E-state index >= 15 is 0 Å². The van der Waals surface area contributed by atoms with Crippen molar-refractivity contribution in [3.05, 3.63) is 18.2 Å². The second kappa shape index (κ2) is 2.84. The van der Waals surface area contributed by atoms with Crippen LogP contribution in [0.1, 0.15) is 12.7 Å².